The fourth-order valence-electron chi connectivity index (χ4n) is 4.12. The number of carbonyl (C=O) groups excluding carboxylic acids is 2. The molecule has 5 nitrogen and oxygen atoms in total. The lowest BCUT2D eigenvalue weighted by Gasteiger charge is -2.28. The molecule has 33 heavy (non-hydrogen) atoms. The predicted octanol–water partition coefficient (Wildman–Crippen LogP) is 6.27. The Morgan fingerprint density at radius 3 is 2.48 bits per heavy atom. The molecule has 0 aromatic heterocycles. The predicted molar refractivity (Wildman–Crippen MR) is 127 cm³/mol. The molecule has 2 atom stereocenters. The average Bonchev–Trinajstić information content (AvgIpc) is 2.98. The molecular formula is C26H31ClFNO4. The van der Waals surface area contributed by atoms with Crippen LogP contribution in [-0.2, 0) is 20.7 Å². The summed E-state index contributed by atoms with van der Waals surface area (Å²) in [4.78, 5) is 27.4. The molecular weight excluding hydrogens is 445 g/mol. The van der Waals surface area contributed by atoms with Crippen molar-refractivity contribution >= 4 is 23.6 Å². The van der Waals surface area contributed by atoms with Gasteiger partial charge in [0.1, 0.15) is 11.4 Å². The van der Waals surface area contributed by atoms with Crippen molar-refractivity contribution < 1.29 is 23.5 Å². The summed E-state index contributed by atoms with van der Waals surface area (Å²) >= 11 is 6.02. The molecule has 1 aliphatic heterocycles. The number of hydrogen-bond donors (Lipinski definition) is 0. The summed E-state index contributed by atoms with van der Waals surface area (Å²) in [6.07, 6.45) is 0.288. The highest BCUT2D eigenvalue weighted by Gasteiger charge is 2.52. The van der Waals surface area contributed by atoms with Crippen molar-refractivity contribution in [2.45, 2.75) is 59.1 Å². The van der Waals surface area contributed by atoms with Crippen LogP contribution in [0.2, 0.25) is 5.02 Å². The second-order valence-electron chi connectivity index (χ2n) is 9.74. The van der Waals surface area contributed by atoms with Gasteiger partial charge in [-0.1, -0.05) is 35.9 Å². The van der Waals surface area contributed by atoms with Gasteiger partial charge in [-0.05, 0) is 76.8 Å². The van der Waals surface area contributed by atoms with Crippen molar-refractivity contribution in [3.8, 4) is 11.1 Å². The van der Waals surface area contributed by atoms with E-state index in [0.29, 0.717) is 35.6 Å². The monoisotopic (exact) mass is 475 g/mol. The smallest absolute Gasteiger partial charge is 0.417 e. The van der Waals surface area contributed by atoms with E-state index in [4.69, 9.17) is 21.1 Å². The lowest BCUT2D eigenvalue weighted by molar-refractivity contribution is -0.137. The van der Waals surface area contributed by atoms with Crippen molar-refractivity contribution in [1.29, 1.82) is 0 Å². The first kappa shape index (κ1) is 25.2. The fourth-order valence-corrected chi connectivity index (χ4v) is 4.29. The first-order chi connectivity index (χ1) is 15.4. The summed E-state index contributed by atoms with van der Waals surface area (Å²) in [5, 5.41) is 0.460. The van der Waals surface area contributed by atoms with Gasteiger partial charge in [-0.25, -0.2) is 14.1 Å². The normalized spacial score (nSPS) is 20.9. The highest BCUT2D eigenvalue weighted by molar-refractivity contribution is 6.30. The summed E-state index contributed by atoms with van der Waals surface area (Å²) in [7, 11) is 0. The number of amides is 2. The topological polar surface area (TPSA) is 55.8 Å². The Morgan fingerprint density at radius 1 is 1.21 bits per heavy atom. The molecule has 1 aliphatic rings. The van der Waals surface area contributed by atoms with Crippen LogP contribution in [0.25, 0.3) is 11.1 Å². The van der Waals surface area contributed by atoms with E-state index >= 15 is 0 Å². The molecule has 7 heteroatoms. The second kappa shape index (κ2) is 9.82. The van der Waals surface area contributed by atoms with Crippen molar-refractivity contribution in [1.82, 2.24) is 4.90 Å². The Balaban J connectivity index is 1.85. The molecule has 0 unspecified atom stereocenters. The largest absolute Gasteiger partial charge is 0.443 e. The van der Waals surface area contributed by atoms with E-state index < -0.39 is 17.1 Å². The third-order valence-corrected chi connectivity index (χ3v) is 5.90. The first-order valence-corrected chi connectivity index (χ1v) is 11.5. The Bertz CT molecular complexity index is 1020. The summed E-state index contributed by atoms with van der Waals surface area (Å²) < 4.78 is 25.3. The minimum Gasteiger partial charge on any atom is -0.443 e. The van der Waals surface area contributed by atoms with Crippen LogP contribution in [0.4, 0.5) is 9.18 Å². The number of benzene rings is 2. The van der Waals surface area contributed by atoms with Gasteiger partial charge in [0.05, 0.1) is 12.0 Å². The van der Waals surface area contributed by atoms with E-state index in [0.717, 1.165) is 5.56 Å². The van der Waals surface area contributed by atoms with Crippen LogP contribution in [0.1, 0.15) is 46.6 Å². The molecule has 3 rings (SSSR count). The molecule has 2 amide bonds. The molecule has 0 saturated carbocycles. The maximum Gasteiger partial charge on any atom is 0.417 e. The number of halogens is 2. The van der Waals surface area contributed by atoms with E-state index in [-0.39, 0.29) is 24.4 Å². The molecule has 1 fully saturated rings. The molecule has 1 heterocycles. The minimum absolute atomic E-state index is 0.241. The van der Waals surface area contributed by atoms with Crippen LogP contribution < -0.4 is 0 Å². The molecule has 2 aromatic rings. The van der Waals surface area contributed by atoms with Crippen LogP contribution in [0.3, 0.4) is 0 Å². The molecule has 0 bridgehead atoms. The maximum atomic E-state index is 14.2. The lowest BCUT2D eigenvalue weighted by Crippen LogP contribution is -2.45. The summed E-state index contributed by atoms with van der Waals surface area (Å²) in [6, 6.07) is 11.5. The Hall–Kier alpha value is -2.44. The third kappa shape index (κ3) is 5.92. The summed E-state index contributed by atoms with van der Waals surface area (Å²) in [6.45, 7) is 9.74. The molecule has 2 aromatic carbocycles. The van der Waals surface area contributed by atoms with E-state index in [2.05, 4.69) is 0 Å². The standard InChI is InChI=1S/C26H31ClFNO4/c1-6-32-16-26(5)15-20(29(23(26)30)24(31)33-25(2,3)4)13-17-7-9-18(10-8-17)21-14-19(27)11-12-22(21)28/h7-12,14,20H,6,13,15-16H2,1-5H3/t20-,26+/m1/s1. The van der Waals surface area contributed by atoms with Gasteiger partial charge in [-0.2, -0.15) is 0 Å². The van der Waals surface area contributed by atoms with Crippen molar-refractivity contribution in [2.75, 3.05) is 13.2 Å². The van der Waals surface area contributed by atoms with Gasteiger partial charge in [0.2, 0.25) is 5.91 Å². The quantitative estimate of drug-likeness (QED) is 0.494. The number of carbonyl (C=O) groups is 2. The molecule has 178 valence electrons. The van der Waals surface area contributed by atoms with E-state index in [1.165, 1.54) is 17.0 Å². The SMILES string of the molecule is CCOC[C@]1(C)C[C@@H](Cc2ccc(-c3cc(Cl)ccc3F)cc2)N(C(=O)OC(C)(C)C)C1=O. The third-order valence-electron chi connectivity index (χ3n) is 5.67. The van der Waals surface area contributed by atoms with Gasteiger partial charge in [0, 0.05) is 23.2 Å². The van der Waals surface area contributed by atoms with Crippen LogP contribution in [0.15, 0.2) is 42.5 Å². The molecule has 1 saturated heterocycles. The molecule has 0 N–H and O–H groups in total. The van der Waals surface area contributed by atoms with Gasteiger partial charge in [-0.15, -0.1) is 0 Å². The zero-order chi connectivity index (χ0) is 24.4. The van der Waals surface area contributed by atoms with Gasteiger partial charge in [-0.3, -0.25) is 4.79 Å². The minimum atomic E-state index is -0.804. The van der Waals surface area contributed by atoms with Crippen LogP contribution in [0.5, 0.6) is 0 Å². The van der Waals surface area contributed by atoms with Crippen LogP contribution in [-0.4, -0.2) is 41.8 Å². The average molecular weight is 476 g/mol. The van der Waals surface area contributed by atoms with Crippen molar-refractivity contribution in [2.24, 2.45) is 5.41 Å². The van der Waals surface area contributed by atoms with Gasteiger partial charge >= 0.3 is 6.09 Å². The zero-order valence-corrected chi connectivity index (χ0v) is 20.5. The van der Waals surface area contributed by atoms with Gasteiger partial charge in [0.25, 0.3) is 0 Å². The Kier molecular flexibility index (Phi) is 7.49. The fraction of sp³-hybridized carbons (Fsp3) is 0.462. The highest BCUT2D eigenvalue weighted by atomic mass is 35.5. The van der Waals surface area contributed by atoms with Gasteiger partial charge in [0.15, 0.2) is 0 Å². The molecule has 0 radical (unpaired) electrons. The van der Waals surface area contributed by atoms with Crippen molar-refractivity contribution in [3.63, 3.8) is 0 Å². The van der Waals surface area contributed by atoms with Crippen LogP contribution in [0, 0.1) is 11.2 Å². The van der Waals surface area contributed by atoms with Crippen molar-refractivity contribution in [3.05, 3.63) is 58.9 Å². The second-order valence-corrected chi connectivity index (χ2v) is 10.2. The number of ether oxygens (including phenoxy) is 2. The number of nitrogens with zero attached hydrogens (tertiary/aromatic N) is 1. The zero-order valence-electron chi connectivity index (χ0n) is 19.8. The molecule has 0 aliphatic carbocycles. The maximum absolute atomic E-state index is 14.2. The first-order valence-electron chi connectivity index (χ1n) is 11.1. The van der Waals surface area contributed by atoms with Crippen LogP contribution >= 0.6 is 11.6 Å². The Morgan fingerprint density at radius 2 is 1.88 bits per heavy atom. The number of likely N-dealkylation sites (tertiary alicyclic amines) is 1. The van der Waals surface area contributed by atoms with E-state index in [1.54, 1.807) is 26.8 Å². The number of rotatable bonds is 6. The lowest BCUT2D eigenvalue weighted by atomic mass is 9.86. The molecule has 0 spiro atoms. The number of imide groups is 1. The number of hydrogen-bond acceptors (Lipinski definition) is 4. The highest BCUT2D eigenvalue weighted by Crippen LogP contribution is 2.39. The van der Waals surface area contributed by atoms with Gasteiger partial charge < -0.3 is 9.47 Å². The summed E-state index contributed by atoms with van der Waals surface area (Å²) in [5.41, 5.74) is 0.523. The van der Waals surface area contributed by atoms with E-state index in [9.17, 15) is 14.0 Å². The van der Waals surface area contributed by atoms with E-state index in [1.807, 2.05) is 38.1 Å². The Labute approximate surface area is 199 Å². The summed E-state index contributed by atoms with van der Waals surface area (Å²) in [5.74, 6) is -0.635.